The summed E-state index contributed by atoms with van der Waals surface area (Å²) in [4.78, 5) is 2.50. The summed E-state index contributed by atoms with van der Waals surface area (Å²) >= 11 is 0. The topological polar surface area (TPSA) is 39.5 Å². The Bertz CT molecular complexity index is 897. The van der Waals surface area contributed by atoms with E-state index >= 15 is 0 Å². The summed E-state index contributed by atoms with van der Waals surface area (Å²) < 4.78 is 27.9. The summed E-state index contributed by atoms with van der Waals surface area (Å²) in [6.07, 6.45) is 4.09. The Hall–Kier alpha value is -1.70. The van der Waals surface area contributed by atoms with Gasteiger partial charge in [0.25, 0.3) is 0 Å². The molecule has 0 spiro atoms. The fourth-order valence-corrected chi connectivity index (χ4v) is 4.84. The van der Waals surface area contributed by atoms with E-state index in [1.165, 1.54) is 18.6 Å². The summed E-state index contributed by atoms with van der Waals surface area (Å²) in [6.45, 7) is 11.4. The third kappa shape index (κ3) is 3.14. The smallest absolute Gasteiger partial charge is 0.403 e. The molecule has 3 heterocycles. The number of nitrogens with zero attached hydrogens (tertiary/aromatic N) is 3. The van der Waals surface area contributed by atoms with Gasteiger partial charge >= 0.3 is 7.12 Å². The minimum absolute atomic E-state index is 0.0932. The van der Waals surface area contributed by atoms with Gasteiger partial charge in [-0.3, -0.25) is 4.90 Å². The molecule has 29 heavy (non-hydrogen) atoms. The normalized spacial score (nSPS) is 30.4. The van der Waals surface area contributed by atoms with Crippen LogP contribution >= 0.6 is 0 Å². The summed E-state index contributed by atoms with van der Waals surface area (Å²) in [6, 6.07) is 8.54. The van der Waals surface area contributed by atoms with Crippen molar-refractivity contribution in [3.05, 3.63) is 48.0 Å². The van der Waals surface area contributed by atoms with Crippen LogP contribution in [0.25, 0.3) is 5.69 Å². The molecular formula is C22H29BFN3O2. The van der Waals surface area contributed by atoms with Crippen molar-refractivity contribution >= 4 is 7.12 Å². The first-order chi connectivity index (χ1) is 13.7. The standard InChI is InChI=1S/C22H29BFN3O2/c1-20(2)21(3,4)29-23(28-20)22-10-12-26(14-16(22)13-22)15-19-9-11-25-27(19)18-7-5-17(24)6-8-18/h5-9,11,16H,10,12-15H2,1-4H3. The molecule has 7 heteroatoms. The highest BCUT2D eigenvalue weighted by atomic mass is 19.1. The van der Waals surface area contributed by atoms with Crippen LogP contribution in [0, 0.1) is 11.7 Å². The molecule has 3 aliphatic rings. The molecule has 1 aromatic heterocycles. The highest BCUT2D eigenvalue weighted by Crippen LogP contribution is 2.69. The Balaban J connectivity index is 1.25. The van der Waals surface area contributed by atoms with Gasteiger partial charge in [0.15, 0.2) is 0 Å². The van der Waals surface area contributed by atoms with Gasteiger partial charge in [0.1, 0.15) is 5.82 Å². The molecular weight excluding hydrogens is 368 g/mol. The molecule has 0 bridgehead atoms. The van der Waals surface area contributed by atoms with Gasteiger partial charge in [-0.25, -0.2) is 9.07 Å². The molecule has 5 rings (SSSR count). The number of piperidine rings is 1. The van der Waals surface area contributed by atoms with Crippen LogP contribution in [-0.2, 0) is 15.9 Å². The molecule has 0 N–H and O–H groups in total. The molecule has 2 aliphatic heterocycles. The maximum atomic E-state index is 13.3. The number of aromatic nitrogens is 2. The first-order valence-electron chi connectivity index (χ1n) is 10.6. The minimum Gasteiger partial charge on any atom is -0.403 e. The lowest BCUT2D eigenvalue weighted by Gasteiger charge is -2.32. The monoisotopic (exact) mass is 397 g/mol. The Kier molecular flexibility index (Phi) is 4.25. The second-order valence-electron chi connectivity index (χ2n) is 9.92. The lowest BCUT2D eigenvalue weighted by Crippen LogP contribution is -2.41. The first kappa shape index (κ1) is 19.3. The van der Waals surface area contributed by atoms with Crippen molar-refractivity contribution in [3.8, 4) is 5.69 Å². The van der Waals surface area contributed by atoms with E-state index in [9.17, 15) is 4.39 Å². The Labute approximate surface area is 172 Å². The second-order valence-corrected chi connectivity index (χ2v) is 9.92. The molecule has 1 saturated carbocycles. The molecule has 2 unspecified atom stereocenters. The fraction of sp³-hybridized carbons (Fsp3) is 0.591. The molecule has 5 nitrogen and oxygen atoms in total. The number of likely N-dealkylation sites (tertiary alicyclic amines) is 1. The van der Waals surface area contributed by atoms with E-state index in [4.69, 9.17) is 9.31 Å². The molecule has 0 radical (unpaired) electrons. The van der Waals surface area contributed by atoms with Crippen LogP contribution in [0.4, 0.5) is 4.39 Å². The van der Waals surface area contributed by atoms with Crippen LogP contribution in [0.1, 0.15) is 46.2 Å². The van der Waals surface area contributed by atoms with Gasteiger partial charge in [0.2, 0.25) is 0 Å². The molecule has 2 aromatic rings. The van der Waals surface area contributed by atoms with Crippen molar-refractivity contribution in [2.45, 2.75) is 63.6 Å². The van der Waals surface area contributed by atoms with E-state index in [0.717, 1.165) is 37.4 Å². The van der Waals surface area contributed by atoms with E-state index in [2.05, 4.69) is 37.7 Å². The fourth-order valence-electron chi connectivity index (χ4n) is 4.84. The van der Waals surface area contributed by atoms with Gasteiger partial charge in [-0.05, 0) is 83.3 Å². The van der Waals surface area contributed by atoms with Crippen molar-refractivity contribution < 1.29 is 13.7 Å². The van der Waals surface area contributed by atoms with Gasteiger partial charge < -0.3 is 9.31 Å². The molecule has 2 saturated heterocycles. The third-order valence-electron chi connectivity index (χ3n) is 7.55. The summed E-state index contributed by atoms with van der Waals surface area (Å²) in [7, 11) is -0.0932. The number of rotatable bonds is 4. The predicted molar refractivity (Wildman–Crippen MR) is 110 cm³/mol. The number of fused-ring (bicyclic) bond motifs is 1. The zero-order chi connectivity index (χ0) is 20.4. The highest BCUT2D eigenvalue weighted by Gasteiger charge is 2.70. The molecule has 2 atom stereocenters. The second kappa shape index (κ2) is 6.40. The highest BCUT2D eigenvalue weighted by molar-refractivity contribution is 6.51. The zero-order valence-electron chi connectivity index (χ0n) is 17.7. The number of benzene rings is 1. The average molecular weight is 397 g/mol. The van der Waals surface area contributed by atoms with Crippen molar-refractivity contribution in [1.82, 2.24) is 14.7 Å². The van der Waals surface area contributed by atoms with E-state index in [0.29, 0.717) is 5.92 Å². The molecule has 1 aliphatic carbocycles. The Morgan fingerprint density at radius 1 is 1.10 bits per heavy atom. The lowest BCUT2D eigenvalue weighted by molar-refractivity contribution is 0.00578. The first-order valence-corrected chi connectivity index (χ1v) is 10.6. The van der Waals surface area contributed by atoms with Gasteiger partial charge in [-0.1, -0.05) is 0 Å². The summed E-state index contributed by atoms with van der Waals surface area (Å²) in [5.41, 5.74) is 1.48. The van der Waals surface area contributed by atoms with Crippen LogP contribution < -0.4 is 0 Å². The number of halogens is 1. The SMILES string of the molecule is CC1(C)OB(C23CCN(Cc4ccnn4-c4ccc(F)cc4)CC2C3)OC1(C)C. The maximum Gasteiger partial charge on any atom is 0.464 e. The van der Waals surface area contributed by atoms with E-state index < -0.39 is 0 Å². The van der Waals surface area contributed by atoms with Crippen molar-refractivity contribution in [2.75, 3.05) is 13.1 Å². The van der Waals surface area contributed by atoms with Gasteiger partial charge in [0, 0.05) is 24.6 Å². The van der Waals surface area contributed by atoms with Gasteiger partial charge in [-0.15, -0.1) is 0 Å². The van der Waals surface area contributed by atoms with E-state index in [1.807, 2.05) is 16.9 Å². The quantitative estimate of drug-likeness (QED) is 0.730. The molecule has 0 amide bonds. The van der Waals surface area contributed by atoms with Crippen LogP contribution in [-0.4, -0.2) is 46.1 Å². The number of hydrogen-bond acceptors (Lipinski definition) is 4. The van der Waals surface area contributed by atoms with Crippen LogP contribution in [0.2, 0.25) is 5.31 Å². The number of hydrogen-bond donors (Lipinski definition) is 0. The lowest BCUT2D eigenvalue weighted by atomic mass is 9.63. The maximum absolute atomic E-state index is 13.3. The molecule has 3 fully saturated rings. The average Bonchev–Trinajstić information content (AvgIpc) is 3.13. The van der Waals surface area contributed by atoms with Crippen molar-refractivity contribution in [3.63, 3.8) is 0 Å². The molecule has 1 aromatic carbocycles. The van der Waals surface area contributed by atoms with Crippen molar-refractivity contribution in [1.29, 1.82) is 0 Å². The van der Waals surface area contributed by atoms with E-state index in [-0.39, 0.29) is 29.5 Å². The summed E-state index contributed by atoms with van der Waals surface area (Å²) in [5, 5.41) is 4.63. The molecule has 154 valence electrons. The van der Waals surface area contributed by atoms with Crippen LogP contribution in [0.3, 0.4) is 0 Å². The zero-order valence-corrected chi connectivity index (χ0v) is 17.7. The van der Waals surface area contributed by atoms with Crippen LogP contribution in [0.15, 0.2) is 36.5 Å². The largest absolute Gasteiger partial charge is 0.464 e. The third-order valence-corrected chi connectivity index (χ3v) is 7.55. The van der Waals surface area contributed by atoms with Crippen molar-refractivity contribution in [2.24, 2.45) is 5.92 Å². The van der Waals surface area contributed by atoms with E-state index in [1.54, 1.807) is 12.1 Å². The summed E-state index contributed by atoms with van der Waals surface area (Å²) in [5.74, 6) is 0.388. The van der Waals surface area contributed by atoms with Gasteiger partial charge in [-0.2, -0.15) is 5.10 Å². The van der Waals surface area contributed by atoms with Crippen LogP contribution in [0.5, 0.6) is 0 Å². The Morgan fingerprint density at radius 2 is 1.79 bits per heavy atom. The minimum atomic E-state index is -0.266. The predicted octanol–water partition coefficient (Wildman–Crippen LogP) is 4.07. The van der Waals surface area contributed by atoms with Gasteiger partial charge in [0.05, 0.1) is 22.6 Å². The Morgan fingerprint density at radius 3 is 2.45 bits per heavy atom.